The van der Waals surface area contributed by atoms with E-state index in [0.29, 0.717) is 18.0 Å². The molecule has 1 aliphatic rings. The second-order valence-electron chi connectivity index (χ2n) is 5.40. The summed E-state index contributed by atoms with van der Waals surface area (Å²) in [5, 5.41) is 7.60. The van der Waals surface area contributed by atoms with Crippen molar-refractivity contribution in [2.75, 3.05) is 39.8 Å². The molecule has 2 heterocycles. The zero-order valence-electron chi connectivity index (χ0n) is 12.6. The average Bonchev–Trinajstić information content (AvgIpc) is 2.70. The van der Waals surface area contributed by atoms with Crippen LogP contribution >= 0.6 is 0 Å². The highest BCUT2D eigenvalue weighted by molar-refractivity contribution is 5.98. The number of Topliss-reactive ketones (excluding diaryl/α,β-unsaturated/α-hetero) is 1. The first kappa shape index (κ1) is 15.0. The van der Waals surface area contributed by atoms with Gasteiger partial charge in [-0.2, -0.15) is 5.10 Å². The Morgan fingerprint density at radius 2 is 2.25 bits per heavy atom. The Labute approximate surface area is 120 Å². The van der Waals surface area contributed by atoms with Crippen molar-refractivity contribution < 1.29 is 9.53 Å². The van der Waals surface area contributed by atoms with Crippen LogP contribution in [0.2, 0.25) is 0 Å². The Balaban J connectivity index is 2.13. The van der Waals surface area contributed by atoms with Gasteiger partial charge in [0.1, 0.15) is 5.69 Å². The fourth-order valence-corrected chi connectivity index (χ4v) is 2.49. The molecule has 0 spiro atoms. The third kappa shape index (κ3) is 3.37. The maximum absolute atomic E-state index is 12.6. The first-order valence-corrected chi connectivity index (χ1v) is 7.21. The number of rotatable bonds is 5. The summed E-state index contributed by atoms with van der Waals surface area (Å²) in [7, 11) is 1.58. The van der Waals surface area contributed by atoms with Crippen LogP contribution in [0.4, 0.5) is 0 Å². The normalized spacial score (nSPS) is 17.2. The van der Waals surface area contributed by atoms with Crippen LogP contribution in [0.3, 0.4) is 0 Å². The molecule has 1 saturated heterocycles. The van der Waals surface area contributed by atoms with E-state index >= 15 is 0 Å². The Morgan fingerprint density at radius 1 is 1.45 bits per heavy atom. The molecule has 0 radical (unpaired) electrons. The Kier molecular flexibility index (Phi) is 5.14. The molecular formula is C14H24N4O2. The highest BCUT2D eigenvalue weighted by Gasteiger charge is 2.23. The van der Waals surface area contributed by atoms with Crippen molar-refractivity contribution in [3.8, 4) is 5.75 Å². The molecule has 0 amide bonds. The molecule has 2 rings (SSSR count). The van der Waals surface area contributed by atoms with Crippen molar-refractivity contribution in [1.82, 2.24) is 20.0 Å². The molecule has 1 aliphatic heterocycles. The van der Waals surface area contributed by atoms with Gasteiger partial charge in [-0.1, -0.05) is 0 Å². The number of hydrogen-bond donors (Lipinski definition) is 1. The average molecular weight is 280 g/mol. The standard InChI is InChI=1S/C14H24N4O2/c1-11(2)18-14(13(20-3)9-16-18)12(19)10-17-7-4-5-15-6-8-17/h9,11,15H,4-8,10H2,1-3H3. The van der Waals surface area contributed by atoms with Crippen LogP contribution in [0.15, 0.2) is 6.20 Å². The third-order valence-corrected chi connectivity index (χ3v) is 3.53. The van der Waals surface area contributed by atoms with Gasteiger partial charge in [0.2, 0.25) is 0 Å². The van der Waals surface area contributed by atoms with E-state index in [1.165, 1.54) is 0 Å². The zero-order valence-corrected chi connectivity index (χ0v) is 12.6. The molecule has 0 aliphatic carbocycles. The van der Waals surface area contributed by atoms with Gasteiger partial charge in [0.25, 0.3) is 0 Å². The van der Waals surface area contributed by atoms with Crippen molar-refractivity contribution in [1.29, 1.82) is 0 Å². The summed E-state index contributed by atoms with van der Waals surface area (Å²) in [6, 6.07) is 0.142. The number of ether oxygens (including phenoxy) is 1. The van der Waals surface area contributed by atoms with Crippen LogP contribution in [0, 0.1) is 0 Å². The summed E-state index contributed by atoms with van der Waals surface area (Å²) >= 11 is 0. The van der Waals surface area contributed by atoms with Crippen LogP contribution in [-0.2, 0) is 0 Å². The Bertz CT molecular complexity index is 448. The lowest BCUT2D eigenvalue weighted by molar-refractivity contribution is 0.0919. The first-order chi connectivity index (χ1) is 9.63. The molecular weight excluding hydrogens is 256 g/mol. The number of hydrogen-bond acceptors (Lipinski definition) is 5. The number of methoxy groups -OCH3 is 1. The smallest absolute Gasteiger partial charge is 0.198 e. The summed E-state index contributed by atoms with van der Waals surface area (Å²) in [4.78, 5) is 14.8. The van der Waals surface area contributed by atoms with Gasteiger partial charge in [-0.15, -0.1) is 0 Å². The summed E-state index contributed by atoms with van der Waals surface area (Å²) in [5.74, 6) is 0.645. The number of nitrogens with one attached hydrogen (secondary N) is 1. The molecule has 1 aromatic rings. The Hall–Kier alpha value is -1.40. The van der Waals surface area contributed by atoms with E-state index in [-0.39, 0.29) is 11.8 Å². The van der Waals surface area contributed by atoms with E-state index in [0.717, 1.165) is 32.6 Å². The molecule has 6 heteroatoms. The van der Waals surface area contributed by atoms with Gasteiger partial charge in [0.05, 0.1) is 19.9 Å². The van der Waals surface area contributed by atoms with Gasteiger partial charge < -0.3 is 10.1 Å². The van der Waals surface area contributed by atoms with Crippen LogP contribution in [0.1, 0.15) is 36.8 Å². The molecule has 1 fully saturated rings. The van der Waals surface area contributed by atoms with E-state index in [2.05, 4.69) is 15.3 Å². The molecule has 1 N–H and O–H groups in total. The maximum Gasteiger partial charge on any atom is 0.198 e. The van der Waals surface area contributed by atoms with Crippen molar-refractivity contribution in [2.24, 2.45) is 0 Å². The number of aromatic nitrogens is 2. The van der Waals surface area contributed by atoms with Crippen LogP contribution in [0.5, 0.6) is 5.75 Å². The summed E-state index contributed by atoms with van der Waals surface area (Å²) in [6.45, 7) is 8.28. The van der Waals surface area contributed by atoms with Gasteiger partial charge in [-0.05, 0) is 33.4 Å². The minimum absolute atomic E-state index is 0.0787. The SMILES string of the molecule is COc1cnn(C(C)C)c1C(=O)CN1CCCNCC1. The van der Waals surface area contributed by atoms with Crippen molar-refractivity contribution in [3.05, 3.63) is 11.9 Å². The maximum atomic E-state index is 12.6. The number of ketones is 1. The predicted octanol–water partition coefficient (Wildman–Crippen LogP) is 0.951. The van der Waals surface area contributed by atoms with E-state index in [4.69, 9.17) is 4.74 Å². The van der Waals surface area contributed by atoms with Gasteiger partial charge in [-0.3, -0.25) is 14.4 Å². The second kappa shape index (κ2) is 6.85. The molecule has 112 valence electrons. The summed E-state index contributed by atoms with van der Waals surface area (Å²) in [5.41, 5.74) is 0.583. The van der Waals surface area contributed by atoms with Crippen LogP contribution in [-0.4, -0.2) is 60.3 Å². The summed E-state index contributed by atoms with van der Waals surface area (Å²) in [6.07, 6.45) is 2.70. The number of nitrogens with zero attached hydrogens (tertiary/aromatic N) is 3. The van der Waals surface area contributed by atoms with E-state index in [1.807, 2.05) is 13.8 Å². The molecule has 0 atom stereocenters. The number of carbonyl (C=O) groups excluding carboxylic acids is 1. The minimum Gasteiger partial charge on any atom is -0.493 e. The van der Waals surface area contributed by atoms with Crippen molar-refractivity contribution in [2.45, 2.75) is 26.3 Å². The minimum atomic E-state index is 0.0787. The molecule has 1 aromatic heterocycles. The van der Waals surface area contributed by atoms with Gasteiger partial charge >= 0.3 is 0 Å². The monoisotopic (exact) mass is 280 g/mol. The van der Waals surface area contributed by atoms with Crippen molar-refractivity contribution >= 4 is 5.78 Å². The van der Waals surface area contributed by atoms with E-state index < -0.39 is 0 Å². The highest BCUT2D eigenvalue weighted by Crippen LogP contribution is 2.21. The van der Waals surface area contributed by atoms with E-state index in [9.17, 15) is 4.79 Å². The molecule has 20 heavy (non-hydrogen) atoms. The quantitative estimate of drug-likeness (QED) is 0.814. The largest absolute Gasteiger partial charge is 0.493 e. The molecule has 0 saturated carbocycles. The third-order valence-electron chi connectivity index (χ3n) is 3.53. The summed E-state index contributed by atoms with van der Waals surface area (Å²) < 4.78 is 7.02. The predicted molar refractivity (Wildman–Crippen MR) is 77.4 cm³/mol. The first-order valence-electron chi connectivity index (χ1n) is 7.21. The highest BCUT2D eigenvalue weighted by atomic mass is 16.5. The molecule has 0 unspecified atom stereocenters. The van der Waals surface area contributed by atoms with Crippen molar-refractivity contribution in [3.63, 3.8) is 0 Å². The number of carbonyl (C=O) groups is 1. The zero-order chi connectivity index (χ0) is 14.5. The van der Waals surface area contributed by atoms with Gasteiger partial charge in [0, 0.05) is 19.1 Å². The molecule has 0 bridgehead atoms. The second-order valence-corrected chi connectivity index (χ2v) is 5.40. The van der Waals surface area contributed by atoms with Gasteiger partial charge in [-0.25, -0.2) is 0 Å². The Morgan fingerprint density at radius 3 is 2.95 bits per heavy atom. The molecule has 0 aromatic carbocycles. The topological polar surface area (TPSA) is 59.4 Å². The fourth-order valence-electron chi connectivity index (χ4n) is 2.49. The molecule has 6 nitrogen and oxygen atoms in total. The van der Waals surface area contributed by atoms with Crippen LogP contribution in [0.25, 0.3) is 0 Å². The lowest BCUT2D eigenvalue weighted by Crippen LogP contribution is -2.34. The lowest BCUT2D eigenvalue weighted by Gasteiger charge is -2.19. The van der Waals surface area contributed by atoms with E-state index in [1.54, 1.807) is 18.0 Å². The van der Waals surface area contributed by atoms with Gasteiger partial charge in [0.15, 0.2) is 11.5 Å². The fraction of sp³-hybridized carbons (Fsp3) is 0.714. The lowest BCUT2D eigenvalue weighted by atomic mass is 10.2. The van der Waals surface area contributed by atoms with Crippen LogP contribution < -0.4 is 10.1 Å².